The van der Waals surface area contributed by atoms with Crippen LogP contribution < -0.4 is 5.32 Å². The first-order valence-electron chi connectivity index (χ1n) is 12.6. The van der Waals surface area contributed by atoms with Crippen LogP contribution in [-0.2, 0) is 14.3 Å². The van der Waals surface area contributed by atoms with Crippen molar-refractivity contribution in [3.05, 3.63) is 0 Å². The lowest BCUT2D eigenvalue weighted by atomic mass is 9.57. The minimum absolute atomic E-state index is 0.000554. The number of hydrogen-bond donors (Lipinski definition) is 1. The number of Topliss-reactive ketones (excluding diaryl/α,β-unsaturated/α-hetero) is 1. The molecule has 0 heterocycles. The quantitative estimate of drug-likeness (QED) is 0.234. The van der Waals surface area contributed by atoms with Crippen LogP contribution in [0.15, 0.2) is 0 Å². The zero-order valence-corrected chi connectivity index (χ0v) is 21.2. The first-order chi connectivity index (χ1) is 14.2. The van der Waals surface area contributed by atoms with Crippen LogP contribution in [0.5, 0.6) is 0 Å². The summed E-state index contributed by atoms with van der Waals surface area (Å²) in [6, 6.07) is 0. The maximum absolute atomic E-state index is 13.5. The van der Waals surface area contributed by atoms with E-state index in [1.807, 2.05) is 6.92 Å². The summed E-state index contributed by atoms with van der Waals surface area (Å²) in [6.07, 6.45) is 11.0. The molecule has 1 N–H and O–H groups in total. The van der Waals surface area contributed by atoms with Gasteiger partial charge in [-0.1, -0.05) is 86.5 Å². The van der Waals surface area contributed by atoms with Crippen LogP contribution in [0, 0.1) is 16.7 Å². The molecule has 0 aromatic rings. The summed E-state index contributed by atoms with van der Waals surface area (Å²) in [5, 5.41) is 2.87. The molecule has 0 bridgehead atoms. The minimum atomic E-state index is -0.0469. The van der Waals surface area contributed by atoms with E-state index in [9.17, 15) is 9.59 Å². The molecule has 2 atom stereocenters. The summed E-state index contributed by atoms with van der Waals surface area (Å²) in [5.74, 6) is 0.226. The molecule has 0 radical (unpaired) electrons. The van der Waals surface area contributed by atoms with Crippen LogP contribution in [0.4, 0.5) is 0 Å². The van der Waals surface area contributed by atoms with Crippen LogP contribution >= 0.6 is 0 Å². The summed E-state index contributed by atoms with van der Waals surface area (Å²) in [4.78, 5) is 25.7. The molecule has 0 fully saturated rings. The second-order valence-corrected chi connectivity index (χ2v) is 9.86. The van der Waals surface area contributed by atoms with E-state index < -0.39 is 0 Å². The van der Waals surface area contributed by atoms with Crippen molar-refractivity contribution in [1.29, 1.82) is 0 Å². The monoisotopic (exact) mass is 425 g/mol. The molecule has 0 rings (SSSR count). The molecule has 0 saturated carbocycles. The molecular formula is C26H51NO3. The van der Waals surface area contributed by atoms with E-state index >= 15 is 0 Å². The number of carbonyl (C=O) groups excluding carboxylic acids is 2. The normalized spacial score (nSPS) is 14.9. The van der Waals surface area contributed by atoms with Crippen LogP contribution in [0.2, 0.25) is 0 Å². The van der Waals surface area contributed by atoms with Gasteiger partial charge >= 0.3 is 0 Å². The maximum atomic E-state index is 13.5. The van der Waals surface area contributed by atoms with Crippen molar-refractivity contribution in [2.24, 2.45) is 16.7 Å². The summed E-state index contributed by atoms with van der Waals surface area (Å²) in [5.41, 5.74) is -0.0540. The number of rotatable bonds is 19. The van der Waals surface area contributed by atoms with E-state index in [1.165, 1.54) is 25.7 Å². The molecule has 0 aromatic heterocycles. The van der Waals surface area contributed by atoms with Gasteiger partial charge in [0.15, 0.2) is 0 Å². The molecule has 178 valence electrons. The van der Waals surface area contributed by atoms with Gasteiger partial charge in [0, 0.05) is 31.9 Å². The molecule has 0 spiro atoms. The lowest BCUT2D eigenvalue weighted by Crippen LogP contribution is -2.43. The van der Waals surface area contributed by atoms with Crippen molar-refractivity contribution in [3.8, 4) is 0 Å². The van der Waals surface area contributed by atoms with Gasteiger partial charge in [-0.25, -0.2) is 0 Å². The molecule has 0 aromatic carbocycles. The fraction of sp³-hybridized carbons (Fsp3) is 0.923. The van der Waals surface area contributed by atoms with Crippen molar-refractivity contribution in [2.75, 3.05) is 19.8 Å². The van der Waals surface area contributed by atoms with E-state index in [0.717, 1.165) is 32.1 Å². The number of ether oxygens (including phenoxy) is 1. The average Bonchev–Trinajstić information content (AvgIpc) is 2.71. The fourth-order valence-electron chi connectivity index (χ4n) is 4.90. The SMILES string of the molecule is CCCCCCC(C)(C)C(C(=O)CCC(=O)NCCOCC)C(C)(CC)CCCC. The van der Waals surface area contributed by atoms with Crippen molar-refractivity contribution >= 4 is 11.7 Å². The molecule has 0 aliphatic carbocycles. The number of amides is 1. The first kappa shape index (κ1) is 29.1. The molecule has 30 heavy (non-hydrogen) atoms. The Kier molecular flexibility index (Phi) is 15.4. The van der Waals surface area contributed by atoms with E-state index in [2.05, 4.69) is 46.9 Å². The Balaban J connectivity index is 5.21. The first-order valence-corrected chi connectivity index (χ1v) is 12.6. The third-order valence-electron chi connectivity index (χ3n) is 6.76. The summed E-state index contributed by atoms with van der Waals surface area (Å²) in [7, 11) is 0. The van der Waals surface area contributed by atoms with Crippen LogP contribution in [0.25, 0.3) is 0 Å². The van der Waals surface area contributed by atoms with E-state index in [-0.39, 0.29) is 34.9 Å². The van der Waals surface area contributed by atoms with E-state index in [1.54, 1.807) is 0 Å². The summed E-state index contributed by atoms with van der Waals surface area (Å²) < 4.78 is 5.26. The smallest absolute Gasteiger partial charge is 0.220 e. The highest BCUT2D eigenvalue weighted by Crippen LogP contribution is 2.49. The predicted octanol–water partition coefficient (Wildman–Crippen LogP) is 6.71. The second kappa shape index (κ2) is 15.8. The molecule has 0 aliphatic heterocycles. The Morgan fingerprint density at radius 1 is 0.867 bits per heavy atom. The topological polar surface area (TPSA) is 55.4 Å². The summed E-state index contributed by atoms with van der Waals surface area (Å²) in [6.45, 7) is 17.2. The summed E-state index contributed by atoms with van der Waals surface area (Å²) >= 11 is 0. The van der Waals surface area contributed by atoms with Crippen molar-refractivity contribution in [2.45, 2.75) is 119 Å². The highest BCUT2D eigenvalue weighted by molar-refractivity contribution is 5.87. The molecule has 4 heteroatoms. The van der Waals surface area contributed by atoms with E-state index in [4.69, 9.17) is 4.74 Å². The molecule has 0 saturated heterocycles. The molecule has 4 nitrogen and oxygen atoms in total. The van der Waals surface area contributed by atoms with Gasteiger partial charge in [-0.2, -0.15) is 0 Å². The highest BCUT2D eigenvalue weighted by Gasteiger charge is 2.45. The van der Waals surface area contributed by atoms with Crippen molar-refractivity contribution < 1.29 is 14.3 Å². The Morgan fingerprint density at radius 3 is 2.10 bits per heavy atom. The molecule has 2 unspecified atom stereocenters. The van der Waals surface area contributed by atoms with Crippen molar-refractivity contribution in [3.63, 3.8) is 0 Å². The minimum Gasteiger partial charge on any atom is -0.380 e. The Bertz CT molecular complexity index is 475. The lowest BCUT2D eigenvalue weighted by Gasteiger charge is -2.46. The molecular weight excluding hydrogens is 374 g/mol. The highest BCUT2D eigenvalue weighted by atomic mass is 16.5. The number of hydrogen-bond acceptors (Lipinski definition) is 3. The number of carbonyl (C=O) groups is 2. The third kappa shape index (κ3) is 10.9. The zero-order chi connectivity index (χ0) is 23.0. The van der Waals surface area contributed by atoms with Gasteiger partial charge in [0.25, 0.3) is 0 Å². The van der Waals surface area contributed by atoms with Gasteiger partial charge in [0.2, 0.25) is 5.91 Å². The van der Waals surface area contributed by atoms with Gasteiger partial charge in [0.05, 0.1) is 6.61 Å². The number of nitrogens with one attached hydrogen (secondary N) is 1. The van der Waals surface area contributed by atoms with Crippen LogP contribution in [-0.4, -0.2) is 31.4 Å². The Labute approximate surface area is 187 Å². The predicted molar refractivity (Wildman–Crippen MR) is 128 cm³/mol. The zero-order valence-electron chi connectivity index (χ0n) is 21.2. The Hall–Kier alpha value is -0.900. The Morgan fingerprint density at radius 2 is 1.53 bits per heavy atom. The third-order valence-corrected chi connectivity index (χ3v) is 6.76. The maximum Gasteiger partial charge on any atom is 0.220 e. The van der Waals surface area contributed by atoms with Gasteiger partial charge < -0.3 is 10.1 Å². The van der Waals surface area contributed by atoms with Crippen molar-refractivity contribution in [1.82, 2.24) is 5.32 Å². The average molecular weight is 426 g/mol. The fourth-order valence-corrected chi connectivity index (χ4v) is 4.90. The standard InChI is InChI=1S/C26H51NO3/c1-8-12-14-15-18-25(5,6)24(26(7,10-3)19-13-9-2)22(28)16-17-23(29)27-20-21-30-11-4/h24H,8-21H2,1-7H3,(H,27,29). The number of unbranched alkanes of at least 4 members (excludes halogenated alkanes) is 4. The van der Waals surface area contributed by atoms with Crippen LogP contribution in [0.3, 0.4) is 0 Å². The molecule has 1 amide bonds. The van der Waals surface area contributed by atoms with E-state index in [0.29, 0.717) is 26.2 Å². The molecule has 0 aliphatic rings. The van der Waals surface area contributed by atoms with Crippen LogP contribution in [0.1, 0.15) is 119 Å². The number of ketones is 1. The van der Waals surface area contributed by atoms with Gasteiger partial charge in [-0.15, -0.1) is 0 Å². The van der Waals surface area contributed by atoms with Gasteiger partial charge in [-0.05, 0) is 30.6 Å². The van der Waals surface area contributed by atoms with Gasteiger partial charge in [0.1, 0.15) is 5.78 Å². The largest absolute Gasteiger partial charge is 0.380 e. The van der Waals surface area contributed by atoms with Gasteiger partial charge in [-0.3, -0.25) is 9.59 Å². The lowest BCUT2D eigenvalue weighted by molar-refractivity contribution is -0.136. The second-order valence-electron chi connectivity index (χ2n) is 9.86.